The SMILES string of the molecule is O=C(N/C(=C/c1cccc([N+](=O)[O-])c1O)c1ccccc1)C(F)(F)F. The first-order valence-electron chi connectivity index (χ1n) is 6.82. The van der Waals surface area contributed by atoms with Crippen molar-refractivity contribution in [2.75, 3.05) is 0 Å². The number of amides is 1. The number of benzene rings is 2. The summed E-state index contributed by atoms with van der Waals surface area (Å²) in [6.07, 6.45) is -4.08. The number of aromatic hydroxyl groups is 1. The first-order chi connectivity index (χ1) is 11.7. The van der Waals surface area contributed by atoms with Crippen LogP contribution in [0.25, 0.3) is 11.8 Å². The molecule has 0 aliphatic heterocycles. The summed E-state index contributed by atoms with van der Waals surface area (Å²) in [6, 6.07) is 11.2. The standard InChI is InChI=1S/C16H11F3N2O4/c17-16(18,19)15(23)20-12(10-5-2-1-3-6-10)9-11-7-4-8-13(14(11)22)21(24)25/h1-9,22H,(H,20,23)/b12-9+. The average molecular weight is 352 g/mol. The fraction of sp³-hybridized carbons (Fsp3) is 0.0625. The number of rotatable bonds is 4. The number of phenols is 1. The predicted molar refractivity (Wildman–Crippen MR) is 83.3 cm³/mol. The molecule has 130 valence electrons. The van der Waals surface area contributed by atoms with E-state index in [9.17, 15) is 33.2 Å². The van der Waals surface area contributed by atoms with Gasteiger partial charge in [-0.2, -0.15) is 13.2 Å². The molecule has 2 aromatic rings. The van der Waals surface area contributed by atoms with E-state index in [0.29, 0.717) is 0 Å². The van der Waals surface area contributed by atoms with Crippen LogP contribution in [0.3, 0.4) is 0 Å². The summed E-state index contributed by atoms with van der Waals surface area (Å²) in [4.78, 5) is 21.3. The number of hydrogen-bond donors (Lipinski definition) is 2. The van der Waals surface area contributed by atoms with Crippen LogP contribution < -0.4 is 5.32 Å². The Morgan fingerprint density at radius 2 is 1.76 bits per heavy atom. The minimum absolute atomic E-state index is 0.115. The van der Waals surface area contributed by atoms with Gasteiger partial charge in [0.25, 0.3) is 0 Å². The van der Waals surface area contributed by atoms with Gasteiger partial charge in [-0.1, -0.05) is 42.5 Å². The van der Waals surface area contributed by atoms with Gasteiger partial charge in [0, 0.05) is 17.3 Å². The zero-order valence-electron chi connectivity index (χ0n) is 12.4. The number of hydrogen-bond acceptors (Lipinski definition) is 4. The van der Waals surface area contributed by atoms with Gasteiger partial charge in [0.2, 0.25) is 5.75 Å². The number of carbonyl (C=O) groups is 1. The fourth-order valence-electron chi connectivity index (χ4n) is 1.97. The Morgan fingerprint density at radius 3 is 2.32 bits per heavy atom. The van der Waals surface area contributed by atoms with E-state index in [1.807, 2.05) is 0 Å². The van der Waals surface area contributed by atoms with Crippen molar-refractivity contribution < 1.29 is 28.0 Å². The van der Waals surface area contributed by atoms with E-state index in [4.69, 9.17) is 0 Å². The third-order valence-corrected chi connectivity index (χ3v) is 3.13. The van der Waals surface area contributed by atoms with Gasteiger partial charge in [-0.15, -0.1) is 0 Å². The van der Waals surface area contributed by atoms with Gasteiger partial charge in [0.05, 0.1) is 4.92 Å². The summed E-state index contributed by atoms with van der Waals surface area (Å²) >= 11 is 0. The zero-order chi connectivity index (χ0) is 18.6. The van der Waals surface area contributed by atoms with E-state index in [2.05, 4.69) is 0 Å². The highest BCUT2D eigenvalue weighted by Gasteiger charge is 2.39. The molecular weight excluding hydrogens is 341 g/mol. The number of nitrogens with one attached hydrogen (secondary N) is 1. The second-order valence-corrected chi connectivity index (χ2v) is 4.85. The van der Waals surface area contributed by atoms with Crippen LogP contribution in [0.2, 0.25) is 0 Å². The largest absolute Gasteiger partial charge is 0.502 e. The maximum absolute atomic E-state index is 12.5. The second-order valence-electron chi connectivity index (χ2n) is 4.85. The zero-order valence-corrected chi connectivity index (χ0v) is 12.4. The molecule has 2 N–H and O–H groups in total. The molecule has 1 amide bonds. The fourth-order valence-corrected chi connectivity index (χ4v) is 1.97. The van der Waals surface area contributed by atoms with E-state index >= 15 is 0 Å². The average Bonchev–Trinajstić information content (AvgIpc) is 2.55. The molecule has 0 aliphatic rings. The highest BCUT2D eigenvalue weighted by molar-refractivity contribution is 5.95. The molecule has 0 heterocycles. The number of halogens is 3. The highest BCUT2D eigenvalue weighted by atomic mass is 19.4. The molecule has 0 unspecified atom stereocenters. The molecule has 9 heteroatoms. The minimum atomic E-state index is -5.11. The second kappa shape index (κ2) is 7.04. The van der Waals surface area contributed by atoms with Gasteiger partial charge in [-0.3, -0.25) is 14.9 Å². The number of alkyl halides is 3. The Labute approximate surface area is 139 Å². The highest BCUT2D eigenvalue weighted by Crippen LogP contribution is 2.32. The minimum Gasteiger partial charge on any atom is -0.502 e. The van der Waals surface area contributed by atoms with Crippen LogP contribution in [-0.4, -0.2) is 22.1 Å². The number of carbonyl (C=O) groups excluding carboxylic acids is 1. The molecule has 0 aliphatic carbocycles. The molecule has 0 bridgehead atoms. The lowest BCUT2D eigenvalue weighted by molar-refractivity contribution is -0.385. The van der Waals surface area contributed by atoms with Crippen LogP contribution in [0.1, 0.15) is 11.1 Å². The van der Waals surface area contributed by atoms with Crippen LogP contribution in [-0.2, 0) is 4.79 Å². The van der Waals surface area contributed by atoms with Gasteiger partial charge in [0.1, 0.15) is 0 Å². The van der Waals surface area contributed by atoms with Crippen LogP contribution in [0.4, 0.5) is 18.9 Å². The number of nitro benzene ring substituents is 1. The van der Waals surface area contributed by atoms with Crippen molar-refractivity contribution in [3.8, 4) is 5.75 Å². The number of nitrogens with zero attached hydrogens (tertiary/aromatic N) is 1. The van der Waals surface area contributed by atoms with Crippen LogP contribution in [0, 0.1) is 10.1 Å². The van der Waals surface area contributed by atoms with E-state index in [1.165, 1.54) is 36.4 Å². The van der Waals surface area contributed by atoms with Crippen molar-refractivity contribution >= 4 is 23.4 Å². The monoisotopic (exact) mass is 352 g/mol. The molecule has 2 aromatic carbocycles. The summed E-state index contributed by atoms with van der Waals surface area (Å²) in [5.74, 6) is -2.92. The number of phenolic OH excluding ortho intramolecular Hbond substituents is 1. The lowest BCUT2D eigenvalue weighted by Crippen LogP contribution is -2.35. The van der Waals surface area contributed by atoms with Crippen molar-refractivity contribution in [3.63, 3.8) is 0 Å². The van der Waals surface area contributed by atoms with Gasteiger partial charge in [0.15, 0.2) is 0 Å². The maximum atomic E-state index is 12.5. The summed E-state index contributed by atoms with van der Waals surface area (Å²) in [5, 5.41) is 22.5. The number of para-hydroxylation sites is 1. The quantitative estimate of drug-likeness (QED) is 0.501. The van der Waals surface area contributed by atoms with Crippen LogP contribution in [0.15, 0.2) is 48.5 Å². The molecular formula is C16H11F3N2O4. The van der Waals surface area contributed by atoms with Crippen molar-refractivity contribution in [1.29, 1.82) is 0 Å². The third kappa shape index (κ3) is 4.34. The van der Waals surface area contributed by atoms with Crippen LogP contribution in [0.5, 0.6) is 5.75 Å². The van der Waals surface area contributed by atoms with E-state index in [-0.39, 0.29) is 16.8 Å². The Kier molecular flexibility index (Phi) is 5.06. The van der Waals surface area contributed by atoms with Crippen LogP contribution >= 0.6 is 0 Å². The first-order valence-corrected chi connectivity index (χ1v) is 6.82. The van der Waals surface area contributed by atoms with Crippen molar-refractivity contribution in [2.45, 2.75) is 6.18 Å². The molecule has 2 rings (SSSR count). The first kappa shape index (κ1) is 18.0. The Balaban J connectivity index is 2.53. The Morgan fingerprint density at radius 1 is 1.12 bits per heavy atom. The van der Waals surface area contributed by atoms with Crippen molar-refractivity contribution in [3.05, 3.63) is 69.8 Å². The summed E-state index contributed by atoms with van der Waals surface area (Å²) in [7, 11) is 0. The van der Waals surface area contributed by atoms with Crippen molar-refractivity contribution in [1.82, 2.24) is 5.32 Å². The maximum Gasteiger partial charge on any atom is 0.471 e. The smallest absolute Gasteiger partial charge is 0.471 e. The van der Waals surface area contributed by atoms with Gasteiger partial charge in [-0.05, 0) is 11.6 Å². The van der Waals surface area contributed by atoms with Crippen molar-refractivity contribution in [2.24, 2.45) is 0 Å². The molecule has 6 nitrogen and oxygen atoms in total. The topological polar surface area (TPSA) is 92.5 Å². The predicted octanol–water partition coefficient (Wildman–Crippen LogP) is 3.48. The third-order valence-electron chi connectivity index (χ3n) is 3.13. The summed E-state index contributed by atoms with van der Waals surface area (Å²) in [5.41, 5.74) is -0.761. The molecule has 0 atom stereocenters. The van der Waals surface area contributed by atoms with Gasteiger partial charge >= 0.3 is 17.8 Å². The van der Waals surface area contributed by atoms with Gasteiger partial charge < -0.3 is 10.4 Å². The normalized spacial score (nSPS) is 11.9. The Bertz CT molecular complexity index is 833. The lowest BCUT2D eigenvalue weighted by Gasteiger charge is -2.12. The Hall–Kier alpha value is -3.36. The summed E-state index contributed by atoms with van der Waals surface area (Å²) < 4.78 is 37.6. The number of nitro groups is 1. The molecule has 0 radical (unpaired) electrons. The molecule has 0 saturated heterocycles. The molecule has 0 aromatic heterocycles. The van der Waals surface area contributed by atoms with E-state index in [0.717, 1.165) is 12.1 Å². The lowest BCUT2D eigenvalue weighted by atomic mass is 10.1. The molecule has 0 fully saturated rings. The van der Waals surface area contributed by atoms with E-state index < -0.39 is 28.4 Å². The molecule has 0 spiro atoms. The molecule has 25 heavy (non-hydrogen) atoms. The van der Waals surface area contributed by atoms with E-state index in [1.54, 1.807) is 11.4 Å². The summed E-state index contributed by atoms with van der Waals surface area (Å²) in [6.45, 7) is 0. The van der Waals surface area contributed by atoms with Gasteiger partial charge in [-0.25, -0.2) is 0 Å². The molecule has 0 saturated carbocycles.